The average Bonchev–Trinajstić information content (AvgIpc) is 2.56. The van der Waals surface area contributed by atoms with Gasteiger partial charge in [0.15, 0.2) is 0 Å². The van der Waals surface area contributed by atoms with Gasteiger partial charge in [-0.05, 0) is 34.5 Å². The number of nitroso groups, excluding NO2 is 1. The number of H-pyrrole nitrogens is 1. The minimum absolute atomic E-state index is 0.152. The number of nitrogens with zero attached hydrogens (tertiary/aromatic N) is 2. The molecule has 1 N–H and O–H groups in total. The van der Waals surface area contributed by atoms with Gasteiger partial charge < -0.3 is 4.98 Å². The van der Waals surface area contributed by atoms with Crippen molar-refractivity contribution < 1.29 is 0 Å². The van der Waals surface area contributed by atoms with Gasteiger partial charge in [0.25, 0.3) is 5.56 Å². The lowest BCUT2D eigenvalue weighted by Gasteiger charge is -2.07. The zero-order valence-electron chi connectivity index (χ0n) is 11.7. The number of nitrogens with one attached hydrogen (secondary N) is 1. The van der Waals surface area contributed by atoms with Crippen LogP contribution in [0.25, 0.3) is 11.1 Å². The van der Waals surface area contributed by atoms with Crippen LogP contribution < -0.4 is 5.56 Å². The second-order valence-corrected chi connectivity index (χ2v) is 4.87. The maximum atomic E-state index is 12.3. The molecule has 2 heterocycles. The highest BCUT2D eigenvalue weighted by molar-refractivity contribution is 5.75. The molecule has 5 nitrogen and oxygen atoms in total. The average molecular weight is 291 g/mol. The Morgan fingerprint density at radius 2 is 1.77 bits per heavy atom. The number of rotatable bonds is 4. The molecular weight excluding hydrogens is 278 g/mol. The van der Waals surface area contributed by atoms with Gasteiger partial charge in [-0.1, -0.05) is 30.3 Å². The maximum absolute atomic E-state index is 12.3. The lowest BCUT2D eigenvalue weighted by Crippen LogP contribution is -2.12. The number of hydrogen-bond donors (Lipinski definition) is 1. The lowest BCUT2D eigenvalue weighted by molar-refractivity contribution is 1.04. The van der Waals surface area contributed by atoms with E-state index in [2.05, 4.69) is 15.1 Å². The molecule has 0 aliphatic rings. The van der Waals surface area contributed by atoms with Crippen LogP contribution in [-0.4, -0.2) is 9.97 Å². The first-order valence-corrected chi connectivity index (χ1v) is 6.82. The Kier molecular flexibility index (Phi) is 3.87. The molecule has 2 aromatic heterocycles. The molecule has 22 heavy (non-hydrogen) atoms. The summed E-state index contributed by atoms with van der Waals surface area (Å²) in [6.07, 6.45) is 3.88. The van der Waals surface area contributed by atoms with Crippen LogP contribution in [0.4, 0.5) is 5.69 Å². The van der Waals surface area contributed by atoms with Crippen molar-refractivity contribution in [1.29, 1.82) is 0 Å². The fourth-order valence-corrected chi connectivity index (χ4v) is 2.37. The van der Waals surface area contributed by atoms with Crippen LogP contribution in [0.2, 0.25) is 0 Å². The summed E-state index contributed by atoms with van der Waals surface area (Å²) in [6.45, 7) is 0. The van der Waals surface area contributed by atoms with Gasteiger partial charge in [-0.25, -0.2) is 0 Å². The normalized spacial score (nSPS) is 10.4. The molecule has 5 heteroatoms. The van der Waals surface area contributed by atoms with Crippen LogP contribution in [-0.2, 0) is 6.42 Å². The van der Waals surface area contributed by atoms with Gasteiger partial charge in [0, 0.05) is 24.5 Å². The third-order valence-corrected chi connectivity index (χ3v) is 3.37. The van der Waals surface area contributed by atoms with Crippen LogP contribution >= 0.6 is 0 Å². The molecule has 0 unspecified atom stereocenters. The van der Waals surface area contributed by atoms with Gasteiger partial charge in [-0.15, -0.1) is 4.91 Å². The SMILES string of the molecule is O=Nc1cc(Cc2ccncc2)[nH]c(=O)c1-c1ccccc1. The van der Waals surface area contributed by atoms with Gasteiger partial charge in [0.1, 0.15) is 5.69 Å². The first kappa shape index (κ1) is 13.9. The van der Waals surface area contributed by atoms with E-state index in [0.717, 1.165) is 5.56 Å². The van der Waals surface area contributed by atoms with Gasteiger partial charge >= 0.3 is 0 Å². The van der Waals surface area contributed by atoms with E-state index < -0.39 is 0 Å². The first-order valence-electron chi connectivity index (χ1n) is 6.82. The molecule has 3 rings (SSSR count). The molecule has 0 fully saturated rings. The summed E-state index contributed by atoms with van der Waals surface area (Å²) < 4.78 is 0. The molecule has 3 aromatic rings. The summed E-state index contributed by atoms with van der Waals surface area (Å²) in [7, 11) is 0. The van der Waals surface area contributed by atoms with Crippen molar-refractivity contribution in [3.8, 4) is 11.1 Å². The lowest BCUT2D eigenvalue weighted by atomic mass is 10.0. The van der Waals surface area contributed by atoms with Crippen LogP contribution in [0.5, 0.6) is 0 Å². The summed E-state index contributed by atoms with van der Waals surface area (Å²) in [5, 5.41) is 3.03. The largest absolute Gasteiger partial charge is 0.325 e. The highest BCUT2D eigenvalue weighted by atomic mass is 16.3. The summed E-state index contributed by atoms with van der Waals surface area (Å²) in [5.74, 6) is 0. The number of aromatic amines is 1. The van der Waals surface area contributed by atoms with Gasteiger partial charge in [0.2, 0.25) is 0 Å². The number of hydrogen-bond acceptors (Lipinski definition) is 4. The zero-order chi connectivity index (χ0) is 15.4. The number of aromatic nitrogens is 2. The van der Waals surface area contributed by atoms with E-state index in [0.29, 0.717) is 23.2 Å². The van der Waals surface area contributed by atoms with Crippen molar-refractivity contribution in [2.45, 2.75) is 6.42 Å². The topological polar surface area (TPSA) is 75.2 Å². The summed E-state index contributed by atoms with van der Waals surface area (Å²) in [5.41, 5.74) is 2.45. The van der Waals surface area contributed by atoms with E-state index in [1.54, 1.807) is 30.6 Å². The van der Waals surface area contributed by atoms with Gasteiger partial charge in [-0.3, -0.25) is 9.78 Å². The minimum Gasteiger partial charge on any atom is -0.325 e. The van der Waals surface area contributed by atoms with Crippen LogP contribution in [0, 0.1) is 4.91 Å². The first-order chi connectivity index (χ1) is 10.8. The molecule has 0 saturated heterocycles. The van der Waals surface area contributed by atoms with E-state index in [4.69, 9.17) is 0 Å². The van der Waals surface area contributed by atoms with E-state index in [-0.39, 0.29) is 11.2 Å². The predicted molar refractivity (Wildman–Crippen MR) is 85.0 cm³/mol. The molecule has 108 valence electrons. The van der Waals surface area contributed by atoms with Gasteiger partial charge in [0.05, 0.1) is 5.56 Å². The summed E-state index contributed by atoms with van der Waals surface area (Å²) in [4.78, 5) is 30.3. The molecule has 0 saturated carbocycles. The Hall–Kier alpha value is -3.08. The van der Waals surface area contributed by atoms with Crippen molar-refractivity contribution >= 4 is 5.69 Å². The predicted octanol–water partition coefficient (Wildman–Crippen LogP) is 3.43. The Bertz CT molecular complexity index is 843. The molecule has 0 aliphatic heterocycles. The zero-order valence-corrected chi connectivity index (χ0v) is 11.7. The quantitative estimate of drug-likeness (QED) is 0.748. The van der Waals surface area contributed by atoms with E-state index in [1.165, 1.54) is 0 Å². The molecule has 0 spiro atoms. The highest BCUT2D eigenvalue weighted by Gasteiger charge is 2.12. The van der Waals surface area contributed by atoms with E-state index in [1.807, 2.05) is 30.3 Å². The second-order valence-electron chi connectivity index (χ2n) is 4.87. The molecule has 1 aromatic carbocycles. The molecule has 0 aliphatic carbocycles. The fraction of sp³-hybridized carbons (Fsp3) is 0.0588. The summed E-state index contributed by atoms with van der Waals surface area (Å²) in [6, 6.07) is 14.4. The number of pyridine rings is 2. The third-order valence-electron chi connectivity index (χ3n) is 3.37. The Morgan fingerprint density at radius 1 is 1.05 bits per heavy atom. The second kappa shape index (κ2) is 6.13. The van der Waals surface area contributed by atoms with Crippen molar-refractivity contribution in [2.75, 3.05) is 0 Å². The maximum Gasteiger partial charge on any atom is 0.258 e. The smallest absolute Gasteiger partial charge is 0.258 e. The van der Waals surface area contributed by atoms with Crippen molar-refractivity contribution in [3.05, 3.63) is 87.4 Å². The van der Waals surface area contributed by atoms with Crippen LogP contribution in [0.3, 0.4) is 0 Å². The summed E-state index contributed by atoms with van der Waals surface area (Å²) >= 11 is 0. The van der Waals surface area contributed by atoms with Crippen molar-refractivity contribution in [1.82, 2.24) is 9.97 Å². The van der Waals surface area contributed by atoms with E-state index >= 15 is 0 Å². The van der Waals surface area contributed by atoms with E-state index in [9.17, 15) is 9.70 Å². The third kappa shape index (κ3) is 2.83. The Balaban J connectivity index is 2.05. The minimum atomic E-state index is -0.313. The fourth-order valence-electron chi connectivity index (χ4n) is 2.37. The van der Waals surface area contributed by atoms with Gasteiger partial charge in [-0.2, -0.15) is 0 Å². The highest BCUT2D eigenvalue weighted by Crippen LogP contribution is 2.27. The van der Waals surface area contributed by atoms with Crippen LogP contribution in [0.15, 0.2) is 70.9 Å². The molecule has 0 atom stereocenters. The van der Waals surface area contributed by atoms with Crippen molar-refractivity contribution in [2.24, 2.45) is 5.18 Å². The molecular formula is C17H13N3O2. The molecule has 0 amide bonds. The van der Waals surface area contributed by atoms with Crippen LogP contribution in [0.1, 0.15) is 11.3 Å². The standard InChI is InChI=1S/C17H13N3O2/c21-17-16(13-4-2-1-3-5-13)15(20-22)11-14(19-17)10-12-6-8-18-9-7-12/h1-9,11H,10H2,(H,19,21). The number of benzene rings is 1. The monoisotopic (exact) mass is 291 g/mol. The molecule has 0 radical (unpaired) electrons. The Morgan fingerprint density at radius 3 is 2.45 bits per heavy atom. The van der Waals surface area contributed by atoms with Crippen molar-refractivity contribution in [3.63, 3.8) is 0 Å². The molecule has 0 bridgehead atoms. The Labute approximate surface area is 126 Å².